The van der Waals surface area contributed by atoms with Crippen LogP contribution in [-0.2, 0) is 6.61 Å². The minimum absolute atomic E-state index is 0.0887. The molecular formula is C23H16ClFO3. The first kappa shape index (κ1) is 18.3. The van der Waals surface area contributed by atoms with Crippen LogP contribution in [0.3, 0.4) is 0 Å². The third kappa shape index (κ3) is 3.51. The number of carbonyl (C=O) groups excluding carboxylic acids is 1. The molecule has 0 aromatic heterocycles. The summed E-state index contributed by atoms with van der Waals surface area (Å²) in [6.45, 7) is 1.90. The van der Waals surface area contributed by atoms with Gasteiger partial charge in [-0.15, -0.1) is 0 Å². The smallest absolute Gasteiger partial charge is 0.231 e. The van der Waals surface area contributed by atoms with Gasteiger partial charge in [-0.05, 0) is 48.9 Å². The standard InChI is InChI=1S/C23H16ClFO3/c1-14-20(27-13-16-6-2-3-8-19(16)25)10-9-18-22(26)21(28-23(14)18)12-15-5-4-7-17(24)11-15/h2-12H,13H2,1H3/b21-12-. The van der Waals surface area contributed by atoms with E-state index < -0.39 is 0 Å². The normalized spacial score (nSPS) is 14.1. The largest absolute Gasteiger partial charge is 0.488 e. The summed E-state index contributed by atoms with van der Waals surface area (Å²) in [5, 5.41) is 0.581. The van der Waals surface area contributed by atoms with Crippen LogP contribution in [0.5, 0.6) is 11.5 Å². The minimum atomic E-state index is -0.320. The zero-order valence-corrected chi connectivity index (χ0v) is 15.8. The molecule has 0 bridgehead atoms. The number of ketones is 1. The van der Waals surface area contributed by atoms with Gasteiger partial charge in [-0.3, -0.25) is 4.79 Å². The van der Waals surface area contributed by atoms with E-state index in [-0.39, 0.29) is 24.0 Å². The Morgan fingerprint density at radius 1 is 1.11 bits per heavy atom. The molecule has 3 aromatic carbocycles. The van der Waals surface area contributed by atoms with Gasteiger partial charge < -0.3 is 9.47 Å². The molecule has 0 saturated heterocycles. The van der Waals surface area contributed by atoms with Gasteiger partial charge in [-0.2, -0.15) is 0 Å². The summed E-state index contributed by atoms with van der Waals surface area (Å²) in [5.41, 5.74) is 2.40. The third-order valence-electron chi connectivity index (χ3n) is 4.52. The van der Waals surface area contributed by atoms with Gasteiger partial charge in [0.1, 0.15) is 23.9 Å². The van der Waals surface area contributed by atoms with E-state index in [4.69, 9.17) is 21.1 Å². The van der Waals surface area contributed by atoms with E-state index in [0.29, 0.717) is 33.2 Å². The lowest BCUT2D eigenvalue weighted by Gasteiger charge is -2.12. The zero-order valence-electron chi connectivity index (χ0n) is 15.0. The van der Waals surface area contributed by atoms with E-state index in [0.717, 1.165) is 5.56 Å². The van der Waals surface area contributed by atoms with E-state index in [9.17, 15) is 9.18 Å². The van der Waals surface area contributed by atoms with Crippen LogP contribution in [0.1, 0.15) is 27.0 Å². The number of allylic oxidation sites excluding steroid dienone is 1. The number of hydrogen-bond donors (Lipinski definition) is 0. The van der Waals surface area contributed by atoms with Crippen LogP contribution in [0.25, 0.3) is 6.08 Å². The van der Waals surface area contributed by atoms with Crippen molar-refractivity contribution in [3.63, 3.8) is 0 Å². The first-order chi connectivity index (χ1) is 13.5. The first-order valence-electron chi connectivity index (χ1n) is 8.72. The highest BCUT2D eigenvalue weighted by Crippen LogP contribution is 2.39. The maximum Gasteiger partial charge on any atom is 0.231 e. The molecule has 5 heteroatoms. The molecule has 1 heterocycles. The average Bonchev–Trinajstić information content (AvgIpc) is 2.99. The Bertz CT molecular complexity index is 1100. The van der Waals surface area contributed by atoms with Crippen LogP contribution in [-0.4, -0.2) is 5.78 Å². The molecule has 140 valence electrons. The Morgan fingerprint density at radius 3 is 2.71 bits per heavy atom. The number of ether oxygens (including phenoxy) is 2. The lowest BCUT2D eigenvalue weighted by atomic mass is 10.1. The van der Waals surface area contributed by atoms with Crippen molar-refractivity contribution in [2.45, 2.75) is 13.5 Å². The van der Waals surface area contributed by atoms with E-state index in [2.05, 4.69) is 0 Å². The molecule has 0 unspecified atom stereocenters. The molecule has 0 aliphatic carbocycles. The maximum absolute atomic E-state index is 13.8. The molecule has 1 aliphatic heterocycles. The molecule has 28 heavy (non-hydrogen) atoms. The monoisotopic (exact) mass is 394 g/mol. The highest BCUT2D eigenvalue weighted by atomic mass is 35.5. The van der Waals surface area contributed by atoms with E-state index in [1.54, 1.807) is 54.6 Å². The predicted molar refractivity (Wildman–Crippen MR) is 106 cm³/mol. The molecule has 4 rings (SSSR count). The van der Waals surface area contributed by atoms with Crippen molar-refractivity contribution in [1.29, 1.82) is 0 Å². The second-order valence-corrected chi connectivity index (χ2v) is 6.88. The van der Waals surface area contributed by atoms with E-state index >= 15 is 0 Å². The Balaban J connectivity index is 1.59. The molecule has 0 radical (unpaired) electrons. The third-order valence-corrected chi connectivity index (χ3v) is 4.76. The fraction of sp³-hybridized carbons (Fsp3) is 0.0870. The number of Topliss-reactive ketones (excluding diaryl/α,β-unsaturated/α-hetero) is 1. The van der Waals surface area contributed by atoms with Gasteiger partial charge in [-0.25, -0.2) is 4.39 Å². The quantitative estimate of drug-likeness (QED) is 0.510. The lowest BCUT2D eigenvalue weighted by molar-refractivity contribution is 0.101. The Morgan fingerprint density at radius 2 is 1.93 bits per heavy atom. The van der Waals surface area contributed by atoms with Gasteiger partial charge >= 0.3 is 0 Å². The van der Waals surface area contributed by atoms with Crippen LogP contribution in [0.4, 0.5) is 4.39 Å². The Hall–Kier alpha value is -3.11. The molecule has 3 nitrogen and oxygen atoms in total. The summed E-state index contributed by atoms with van der Waals surface area (Å²) in [7, 11) is 0. The summed E-state index contributed by atoms with van der Waals surface area (Å²) in [5.74, 6) is 0.716. The van der Waals surface area contributed by atoms with E-state index in [1.807, 2.05) is 13.0 Å². The van der Waals surface area contributed by atoms with Crippen LogP contribution >= 0.6 is 11.6 Å². The summed E-state index contributed by atoms with van der Waals surface area (Å²) in [4.78, 5) is 12.7. The number of hydrogen-bond acceptors (Lipinski definition) is 3. The fourth-order valence-corrected chi connectivity index (χ4v) is 3.24. The number of benzene rings is 3. The molecule has 0 atom stereocenters. The van der Waals surface area contributed by atoms with Crippen LogP contribution in [0.2, 0.25) is 5.02 Å². The fourth-order valence-electron chi connectivity index (χ4n) is 3.04. The Labute approximate surface area is 167 Å². The van der Waals surface area contributed by atoms with Gasteiger partial charge in [-0.1, -0.05) is 41.9 Å². The van der Waals surface area contributed by atoms with Crippen molar-refractivity contribution in [2.24, 2.45) is 0 Å². The molecule has 3 aromatic rings. The first-order valence-corrected chi connectivity index (χ1v) is 9.10. The summed E-state index contributed by atoms with van der Waals surface area (Å²) >= 11 is 6.00. The number of halogens is 2. The molecule has 1 aliphatic rings. The molecule has 0 saturated carbocycles. The van der Waals surface area contributed by atoms with Gasteiger partial charge in [0.15, 0.2) is 5.76 Å². The summed E-state index contributed by atoms with van der Waals surface area (Å²) in [6.07, 6.45) is 1.66. The molecule has 0 N–H and O–H groups in total. The molecule has 0 spiro atoms. The number of carbonyl (C=O) groups is 1. The second kappa shape index (κ2) is 7.49. The van der Waals surface area contributed by atoms with Gasteiger partial charge in [0, 0.05) is 16.1 Å². The average molecular weight is 395 g/mol. The van der Waals surface area contributed by atoms with Gasteiger partial charge in [0.05, 0.1) is 5.56 Å². The molecular weight excluding hydrogens is 379 g/mol. The topological polar surface area (TPSA) is 35.5 Å². The maximum atomic E-state index is 13.8. The highest BCUT2D eigenvalue weighted by Gasteiger charge is 2.30. The van der Waals surface area contributed by atoms with Crippen LogP contribution < -0.4 is 9.47 Å². The van der Waals surface area contributed by atoms with Crippen molar-refractivity contribution >= 4 is 23.5 Å². The van der Waals surface area contributed by atoms with Gasteiger partial charge in [0.2, 0.25) is 5.78 Å². The van der Waals surface area contributed by atoms with E-state index in [1.165, 1.54) is 6.07 Å². The van der Waals surface area contributed by atoms with Crippen molar-refractivity contribution in [3.05, 3.63) is 99.5 Å². The van der Waals surface area contributed by atoms with Gasteiger partial charge in [0.25, 0.3) is 0 Å². The second-order valence-electron chi connectivity index (χ2n) is 6.44. The van der Waals surface area contributed by atoms with Crippen molar-refractivity contribution in [1.82, 2.24) is 0 Å². The zero-order chi connectivity index (χ0) is 19.7. The highest BCUT2D eigenvalue weighted by molar-refractivity contribution is 6.30. The molecule has 0 fully saturated rings. The summed E-state index contributed by atoms with van der Waals surface area (Å²) < 4.78 is 25.4. The summed E-state index contributed by atoms with van der Waals surface area (Å²) in [6, 6.07) is 17.0. The lowest BCUT2D eigenvalue weighted by Crippen LogP contribution is -2.00. The number of fused-ring (bicyclic) bond motifs is 1. The van der Waals surface area contributed by atoms with Crippen molar-refractivity contribution in [2.75, 3.05) is 0 Å². The number of rotatable bonds is 4. The SMILES string of the molecule is Cc1c(OCc2ccccc2F)ccc2c1O/C(=C\c1cccc(Cl)c1)C2=O. The minimum Gasteiger partial charge on any atom is -0.488 e. The predicted octanol–water partition coefficient (Wildman–Crippen LogP) is 5.98. The van der Waals surface area contributed by atoms with Crippen molar-refractivity contribution in [3.8, 4) is 11.5 Å². The van der Waals surface area contributed by atoms with Crippen LogP contribution in [0.15, 0.2) is 66.4 Å². The van der Waals surface area contributed by atoms with Crippen molar-refractivity contribution < 1.29 is 18.7 Å². The Kier molecular flexibility index (Phi) is 4.88. The van der Waals surface area contributed by atoms with Crippen LogP contribution in [0, 0.1) is 12.7 Å². The molecule has 0 amide bonds.